The summed E-state index contributed by atoms with van der Waals surface area (Å²) in [5.74, 6) is 1.39. The number of urea groups is 1. The lowest BCUT2D eigenvalue weighted by Crippen LogP contribution is -2.41. The Kier molecular flexibility index (Phi) is 11.9. The highest BCUT2D eigenvalue weighted by Gasteiger charge is 2.22. The summed E-state index contributed by atoms with van der Waals surface area (Å²) in [6, 6.07) is 12.7. The van der Waals surface area contributed by atoms with Crippen LogP contribution in [0.1, 0.15) is 57.3 Å². The fraction of sp³-hybridized carbons (Fsp3) is 0.452. The van der Waals surface area contributed by atoms with Crippen LogP contribution in [0.5, 0.6) is 22.3 Å². The molecule has 0 saturated carbocycles. The maximum absolute atomic E-state index is 12.8. The fourth-order valence-electron chi connectivity index (χ4n) is 4.74. The summed E-state index contributed by atoms with van der Waals surface area (Å²) in [6.45, 7) is 10.6. The molecule has 3 aromatic rings. The van der Waals surface area contributed by atoms with E-state index in [9.17, 15) is 9.59 Å². The zero-order chi connectivity index (χ0) is 30.9. The lowest BCUT2D eigenvalue weighted by Gasteiger charge is -2.34. The molecule has 1 saturated heterocycles. The summed E-state index contributed by atoms with van der Waals surface area (Å²) in [7, 11) is 1.53. The minimum atomic E-state index is -0.279. The van der Waals surface area contributed by atoms with Crippen LogP contribution < -0.4 is 30.2 Å². The maximum Gasteiger partial charge on any atom is 0.319 e. The van der Waals surface area contributed by atoms with Gasteiger partial charge in [-0.3, -0.25) is 10.1 Å². The van der Waals surface area contributed by atoms with Crippen molar-refractivity contribution in [2.24, 2.45) is 0 Å². The summed E-state index contributed by atoms with van der Waals surface area (Å²) in [4.78, 5) is 32.0. The number of amides is 3. The number of methoxy groups -OCH3 is 1. The van der Waals surface area contributed by atoms with E-state index < -0.39 is 0 Å². The van der Waals surface area contributed by atoms with E-state index in [-0.39, 0.29) is 24.1 Å². The van der Waals surface area contributed by atoms with Crippen LogP contribution in [0.4, 0.5) is 15.6 Å². The molecule has 1 aliphatic heterocycles. The van der Waals surface area contributed by atoms with E-state index in [1.807, 2.05) is 19.1 Å². The van der Waals surface area contributed by atoms with Crippen LogP contribution in [0, 0.1) is 0 Å². The van der Waals surface area contributed by atoms with Gasteiger partial charge >= 0.3 is 6.03 Å². The van der Waals surface area contributed by atoms with Crippen LogP contribution in [0.25, 0.3) is 0 Å². The third-order valence-electron chi connectivity index (χ3n) is 7.27. The Balaban J connectivity index is 1.29. The summed E-state index contributed by atoms with van der Waals surface area (Å²) in [5, 5.41) is 9.52. The van der Waals surface area contributed by atoms with Crippen LogP contribution in [0.3, 0.4) is 0 Å². The summed E-state index contributed by atoms with van der Waals surface area (Å²) < 4.78 is 17.9. The van der Waals surface area contributed by atoms with Crippen molar-refractivity contribution in [3.63, 3.8) is 0 Å². The molecule has 43 heavy (non-hydrogen) atoms. The van der Waals surface area contributed by atoms with E-state index >= 15 is 0 Å². The number of likely N-dealkylation sites (tertiary alicyclic amines) is 1. The van der Waals surface area contributed by atoms with E-state index in [1.165, 1.54) is 24.6 Å². The lowest BCUT2D eigenvalue weighted by atomic mass is 10.1. The van der Waals surface area contributed by atoms with Gasteiger partial charge in [0.2, 0.25) is 5.06 Å². The number of anilines is 2. The van der Waals surface area contributed by atoms with Crippen molar-refractivity contribution in [1.82, 2.24) is 15.2 Å². The lowest BCUT2D eigenvalue weighted by molar-refractivity contribution is 0.0843. The second kappa shape index (κ2) is 15.6. The monoisotopic (exact) mass is 721 g/mol. The number of aromatic nitrogens is 1. The van der Waals surface area contributed by atoms with Crippen molar-refractivity contribution in [1.29, 1.82) is 0 Å². The molecule has 4 rings (SSSR count). The normalized spacial score (nSPS) is 15.4. The fourth-order valence-corrected chi connectivity index (χ4v) is 6.10. The Morgan fingerprint density at radius 1 is 1.07 bits per heavy atom. The number of thiazole rings is 1. The predicted molar refractivity (Wildman–Crippen MR) is 180 cm³/mol. The topological polar surface area (TPSA) is 114 Å². The second-order valence-corrected chi connectivity index (χ2v) is 13.6. The first-order chi connectivity index (χ1) is 20.6. The number of hydrogen-bond acceptors (Lipinski definition) is 8. The SMILES string of the molecule is CCC(NC(=O)Nc1ccc(Oc2cnc(NC(=O)c3ccc(OC4CCN(C(C)C)CC4)cc3)s2)c(OC)c1)C(C)I. The number of nitrogens with zero attached hydrogens (tertiary/aromatic N) is 2. The van der Waals surface area contributed by atoms with E-state index in [1.54, 1.807) is 30.3 Å². The van der Waals surface area contributed by atoms with Crippen LogP contribution in [-0.4, -0.2) is 64.1 Å². The van der Waals surface area contributed by atoms with Crippen molar-refractivity contribution < 1.29 is 23.8 Å². The van der Waals surface area contributed by atoms with Crippen molar-refractivity contribution in [3.8, 4) is 22.3 Å². The number of alkyl halides is 1. The minimum absolute atomic E-state index is 0.0717. The van der Waals surface area contributed by atoms with Gasteiger partial charge in [-0.1, -0.05) is 47.8 Å². The highest BCUT2D eigenvalue weighted by molar-refractivity contribution is 14.1. The van der Waals surface area contributed by atoms with Gasteiger partial charge in [0.05, 0.1) is 13.3 Å². The average molecular weight is 722 g/mol. The molecule has 232 valence electrons. The van der Waals surface area contributed by atoms with E-state index in [0.29, 0.717) is 42.9 Å². The molecular weight excluding hydrogens is 681 g/mol. The van der Waals surface area contributed by atoms with Gasteiger partial charge in [0.25, 0.3) is 5.91 Å². The van der Waals surface area contributed by atoms with Crippen LogP contribution >= 0.6 is 33.9 Å². The summed E-state index contributed by atoms with van der Waals surface area (Å²) in [6.07, 6.45) is 4.56. The third-order valence-corrected chi connectivity index (χ3v) is 8.93. The number of benzene rings is 2. The molecule has 12 heteroatoms. The molecule has 0 bridgehead atoms. The van der Waals surface area contributed by atoms with Crippen LogP contribution in [0.2, 0.25) is 0 Å². The second-order valence-electron chi connectivity index (χ2n) is 10.7. The van der Waals surface area contributed by atoms with Gasteiger partial charge in [-0.25, -0.2) is 9.78 Å². The number of carbonyl (C=O) groups is 2. The number of rotatable bonds is 12. The van der Waals surface area contributed by atoms with Gasteiger partial charge in [-0.05, 0) is 69.5 Å². The van der Waals surface area contributed by atoms with Gasteiger partial charge in [0.15, 0.2) is 16.6 Å². The van der Waals surface area contributed by atoms with E-state index in [0.717, 1.165) is 38.1 Å². The number of nitrogens with one attached hydrogen (secondary N) is 3. The third kappa shape index (κ3) is 9.44. The highest BCUT2D eigenvalue weighted by Crippen LogP contribution is 2.37. The van der Waals surface area contributed by atoms with Crippen molar-refractivity contribution in [3.05, 3.63) is 54.2 Å². The molecule has 2 atom stereocenters. The largest absolute Gasteiger partial charge is 0.493 e. The Labute approximate surface area is 271 Å². The van der Waals surface area contributed by atoms with Crippen LogP contribution in [-0.2, 0) is 0 Å². The van der Waals surface area contributed by atoms with Gasteiger partial charge < -0.3 is 29.7 Å². The quantitative estimate of drug-likeness (QED) is 0.134. The first-order valence-electron chi connectivity index (χ1n) is 14.5. The van der Waals surface area contributed by atoms with Crippen molar-refractivity contribution in [2.45, 2.75) is 69.1 Å². The standard InChI is InChI=1S/C31H40IN5O5S/c1-6-25(20(4)32)35-30(39)34-22-9-12-26(27(17-22)40-5)42-28-18-33-31(43-28)36-29(38)21-7-10-23(11-8-21)41-24-13-15-37(16-14-24)19(2)3/h7-12,17-20,24-25H,6,13-16H2,1-5H3,(H,33,36,38)(H2,34,35,39). The Morgan fingerprint density at radius 2 is 1.79 bits per heavy atom. The first-order valence-corrected chi connectivity index (χ1v) is 16.6. The average Bonchev–Trinajstić information content (AvgIpc) is 3.43. The molecule has 10 nitrogen and oxygen atoms in total. The molecule has 2 aromatic carbocycles. The molecule has 0 aliphatic carbocycles. The smallest absolute Gasteiger partial charge is 0.319 e. The molecule has 3 N–H and O–H groups in total. The van der Waals surface area contributed by atoms with E-state index in [4.69, 9.17) is 14.2 Å². The number of ether oxygens (including phenoxy) is 3. The molecule has 0 spiro atoms. The molecule has 0 radical (unpaired) electrons. The molecule has 1 aromatic heterocycles. The molecule has 3 amide bonds. The minimum Gasteiger partial charge on any atom is -0.493 e. The number of hydrogen-bond donors (Lipinski definition) is 3. The molecule has 2 unspecified atom stereocenters. The van der Waals surface area contributed by atoms with Gasteiger partial charge in [0.1, 0.15) is 11.9 Å². The maximum atomic E-state index is 12.8. The Morgan fingerprint density at radius 3 is 2.42 bits per heavy atom. The zero-order valence-electron chi connectivity index (χ0n) is 25.2. The van der Waals surface area contributed by atoms with Gasteiger partial charge in [0, 0.05) is 46.4 Å². The van der Waals surface area contributed by atoms with E-state index in [2.05, 4.69) is 69.2 Å². The van der Waals surface area contributed by atoms with Crippen molar-refractivity contribution >= 4 is 56.7 Å². The number of carbonyl (C=O) groups excluding carboxylic acids is 2. The molecule has 1 aliphatic rings. The molecule has 1 fully saturated rings. The first kappa shape index (κ1) is 32.8. The predicted octanol–water partition coefficient (Wildman–Crippen LogP) is 7.17. The van der Waals surface area contributed by atoms with Crippen LogP contribution in [0.15, 0.2) is 48.7 Å². The van der Waals surface area contributed by atoms with Crippen molar-refractivity contribution in [2.75, 3.05) is 30.8 Å². The molecular formula is C31H40IN5O5S. The Hall–Kier alpha value is -3.10. The van der Waals surface area contributed by atoms with Gasteiger partial charge in [-0.15, -0.1) is 0 Å². The van der Waals surface area contributed by atoms with Gasteiger partial charge in [-0.2, -0.15) is 0 Å². The molecule has 2 heterocycles. The highest BCUT2D eigenvalue weighted by atomic mass is 127. The zero-order valence-corrected chi connectivity index (χ0v) is 28.2. The Bertz CT molecular complexity index is 1360. The summed E-state index contributed by atoms with van der Waals surface area (Å²) >= 11 is 3.50. The number of halogens is 1. The summed E-state index contributed by atoms with van der Waals surface area (Å²) in [5.41, 5.74) is 1.08. The number of piperidine rings is 1.